The smallest absolute Gasteiger partial charge is 0.242 e. The van der Waals surface area contributed by atoms with Crippen molar-refractivity contribution in [3.63, 3.8) is 0 Å². The van der Waals surface area contributed by atoms with E-state index >= 15 is 0 Å². The van der Waals surface area contributed by atoms with Gasteiger partial charge in [0.15, 0.2) is 0 Å². The Labute approximate surface area is 88.9 Å². The highest BCUT2D eigenvalue weighted by Crippen LogP contribution is 2.39. The first-order valence-corrected chi connectivity index (χ1v) is 5.37. The second kappa shape index (κ2) is 3.43. The molecule has 3 atom stereocenters. The number of β-amino-alcohol motifs (C(OH)–C–C–N with tert-alkyl or cyclic N) is 2. The van der Waals surface area contributed by atoms with Gasteiger partial charge in [0.1, 0.15) is 0 Å². The maximum atomic E-state index is 12.0. The number of aliphatic hydroxyl groups excluding tert-OH is 2. The van der Waals surface area contributed by atoms with Crippen LogP contribution in [0.4, 0.5) is 0 Å². The van der Waals surface area contributed by atoms with E-state index in [1.54, 1.807) is 6.92 Å². The summed E-state index contributed by atoms with van der Waals surface area (Å²) in [6.45, 7) is 2.13. The third kappa shape index (κ3) is 1.87. The maximum Gasteiger partial charge on any atom is 0.242 e. The summed E-state index contributed by atoms with van der Waals surface area (Å²) in [5.74, 6) is 0.112. The van der Waals surface area contributed by atoms with Crippen molar-refractivity contribution in [1.29, 1.82) is 0 Å². The van der Waals surface area contributed by atoms with Crippen LogP contribution in [0.5, 0.6) is 0 Å². The molecule has 1 saturated heterocycles. The first-order valence-electron chi connectivity index (χ1n) is 5.37. The molecule has 1 aliphatic heterocycles. The lowest BCUT2D eigenvalue weighted by Crippen LogP contribution is -2.54. The van der Waals surface area contributed by atoms with Gasteiger partial charge in [0, 0.05) is 13.1 Å². The molecule has 0 spiro atoms. The number of rotatable bonds is 2. The van der Waals surface area contributed by atoms with Gasteiger partial charge in [0.05, 0.1) is 17.7 Å². The maximum absolute atomic E-state index is 12.0. The molecule has 1 aliphatic carbocycles. The lowest BCUT2D eigenvalue weighted by molar-refractivity contribution is -0.136. The van der Waals surface area contributed by atoms with Crippen LogP contribution in [-0.4, -0.2) is 51.9 Å². The van der Waals surface area contributed by atoms with Gasteiger partial charge in [-0.15, -0.1) is 0 Å². The third-order valence-electron chi connectivity index (χ3n) is 3.43. The van der Waals surface area contributed by atoms with Crippen molar-refractivity contribution in [2.45, 2.75) is 37.5 Å². The van der Waals surface area contributed by atoms with E-state index in [9.17, 15) is 15.0 Å². The molecule has 0 aromatic carbocycles. The molecule has 15 heavy (non-hydrogen) atoms. The van der Waals surface area contributed by atoms with Crippen molar-refractivity contribution in [3.8, 4) is 0 Å². The van der Waals surface area contributed by atoms with Crippen LogP contribution in [0.2, 0.25) is 0 Å². The normalized spacial score (nSPS) is 35.3. The van der Waals surface area contributed by atoms with Gasteiger partial charge in [-0.2, -0.15) is 0 Å². The summed E-state index contributed by atoms with van der Waals surface area (Å²) in [7, 11) is 0. The van der Waals surface area contributed by atoms with Crippen LogP contribution < -0.4 is 5.73 Å². The Kier molecular flexibility index (Phi) is 2.48. The average Bonchev–Trinajstić information content (AvgIpc) is 2.94. The molecule has 4 N–H and O–H groups in total. The Balaban J connectivity index is 2.02. The minimum atomic E-state index is -0.830. The summed E-state index contributed by atoms with van der Waals surface area (Å²) >= 11 is 0. The lowest BCUT2D eigenvalue weighted by atomic mass is 9.95. The molecule has 1 heterocycles. The Morgan fingerprint density at radius 3 is 2.20 bits per heavy atom. The van der Waals surface area contributed by atoms with Crippen LogP contribution in [0.15, 0.2) is 0 Å². The number of nitrogens with zero attached hydrogens (tertiary/aromatic N) is 1. The standard InChI is InChI=1S/C10H18N2O3/c1-10(11,6-2-3-6)9(15)12-4-7(13)8(14)5-12/h6-8,13-14H,2-5,11H2,1H3/t7-,8+,10?. The highest BCUT2D eigenvalue weighted by atomic mass is 16.3. The van der Waals surface area contributed by atoms with E-state index in [0.29, 0.717) is 0 Å². The molecule has 1 saturated carbocycles. The van der Waals surface area contributed by atoms with E-state index in [-0.39, 0.29) is 24.9 Å². The summed E-state index contributed by atoms with van der Waals surface area (Å²) in [6, 6.07) is 0. The number of aliphatic hydroxyl groups is 2. The molecule has 2 fully saturated rings. The number of hydrogen-bond donors (Lipinski definition) is 3. The van der Waals surface area contributed by atoms with Gasteiger partial charge in [0.2, 0.25) is 5.91 Å². The van der Waals surface area contributed by atoms with Crippen LogP contribution in [0, 0.1) is 5.92 Å². The molecule has 86 valence electrons. The predicted octanol–water partition coefficient (Wildman–Crippen LogP) is -1.32. The van der Waals surface area contributed by atoms with Crippen LogP contribution in [-0.2, 0) is 4.79 Å². The van der Waals surface area contributed by atoms with E-state index in [0.717, 1.165) is 12.8 Å². The molecule has 2 rings (SSSR count). The largest absolute Gasteiger partial charge is 0.388 e. The Morgan fingerprint density at radius 2 is 1.80 bits per heavy atom. The van der Waals surface area contributed by atoms with Crippen LogP contribution in [0.1, 0.15) is 19.8 Å². The van der Waals surface area contributed by atoms with Gasteiger partial charge in [-0.3, -0.25) is 4.79 Å². The van der Waals surface area contributed by atoms with Gasteiger partial charge in [0.25, 0.3) is 0 Å². The zero-order chi connectivity index (χ0) is 11.2. The van der Waals surface area contributed by atoms with E-state index in [2.05, 4.69) is 0 Å². The van der Waals surface area contributed by atoms with Gasteiger partial charge in [-0.05, 0) is 25.7 Å². The Hall–Kier alpha value is -0.650. The van der Waals surface area contributed by atoms with Gasteiger partial charge in [-0.25, -0.2) is 0 Å². The van der Waals surface area contributed by atoms with Crippen molar-refractivity contribution in [1.82, 2.24) is 4.90 Å². The van der Waals surface area contributed by atoms with Crippen LogP contribution >= 0.6 is 0 Å². The predicted molar refractivity (Wildman–Crippen MR) is 53.9 cm³/mol. The second-order valence-electron chi connectivity index (χ2n) is 4.90. The highest BCUT2D eigenvalue weighted by Gasteiger charge is 2.47. The fraction of sp³-hybridized carbons (Fsp3) is 0.900. The molecule has 0 bridgehead atoms. The molecular formula is C10H18N2O3. The van der Waals surface area contributed by atoms with Crippen LogP contribution in [0.25, 0.3) is 0 Å². The van der Waals surface area contributed by atoms with Crippen LogP contribution in [0.3, 0.4) is 0 Å². The van der Waals surface area contributed by atoms with Crippen molar-refractivity contribution < 1.29 is 15.0 Å². The second-order valence-corrected chi connectivity index (χ2v) is 4.90. The molecule has 1 unspecified atom stereocenters. The molecule has 0 aromatic rings. The van der Waals surface area contributed by atoms with Gasteiger partial charge in [-0.1, -0.05) is 0 Å². The number of amides is 1. The van der Waals surface area contributed by atoms with E-state index in [4.69, 9.17) is 5.73 Å². The quantitative estimate of drug-likeness (QED) is 0.532. The minimum absolute atomic E-state index is 0.152. The molecule has 2 aliphatic rings. The number of likely N-dealkylation sites (tertiary alicyclic amines) is 1. The minimum Gasteiger partial charge on any atom is -0.388 e. The van der Waals surface area contributed by atoms with Crippen molar-refractivity contribution in [2.24, 2.45) is 11.7 Å². The SMILES string of the molecule is CC(N)(C(=O)N1C[C@@H](O)[C@@H](O)C1)C1CC1. The summed E-state index contributed by atoms with van der Waals surface area (Å²) in [5, 5.41) is 18.7. The Bertz CT molecular complexity index is 266. The highest BCUT2D eigenvalue weighted by molar-refractivity contribution is 5.86. The number of carbonyl (C=O) groups is 1. The average molecular weight is 214 g/mol. The summed E-state index contributed by atoms with van der Waals surface area (Å²) < 4.78 is 0. The Morgan fingerprint density at radius 1 is 1.33 bits per heavy atom. The first kappa shape index (κ1) is 10.9. The van der Waals surface area contributed by atoms with Gasteiger partial charge < -0.3 is 20.8 Å². The third-order valence-corrected chi connectivity index (χ3v) is 3.43. The molecule has 1 amide bonds. The summed E-state index contributed by atoms with van der Waals surface area (Å²) in [4.78, 5) is 13.5. The summed E-state index contributed by atoms with van der Waals surface area (Å²) in [5.41, 5.74) is 5.15. The number of nitrogens with two attached hydrogens (primary N) is 1. The van der Waals surface area contributed by atoms with Crippen molar-refractivity contribution in [2.75, 3.05) is 13.1 Å². The lowest BCUT2D eigenvalue weighted by Gasteiger charge is -2.28. The molecule has 0 aromatic heterocycles. The molecule has 5 heteroatoms. The molecule has 5 nitrogen and oxygen atoms in total. The number of hydrogen-bond acceptors (Lipinski definition) is 4. The topological polar surface area (TPSA) is 86.8 Å². The van der Waals surface area contributed by atoms with Gasteiger partial charge >= 0.3 is 0 Å². The fourth-order valence-corrected chi connectivity index (χ4v) is 2.13. The zero-order valence-corrected chi connectivity index (χ0v) is 8.89. The summed E-state index contributed by atoms with van der Waals surface area (Å²) in [6.07, 6.45) is 0.336. The fourth-order valence-electron chi connectivity index (χ4n) is 2.13. The van der Waals surface area contributed by atoms with E-state index in [1.807, 2.05) is 0 Å². The number of carbonyl (C=O) groups excluding carboxylic acids is 1. The molecule has 0 radical (unpaired) electrons. The van der Waals surface area contributed by atoms with E-state index in [1.165, 1.54) is 4.90 Å². The first-order chi connectivity index (χ1) is 6.93. The van der Waals surface area contributed by atoms with Crippen molar-refractivity contribution in [3.05, 3.63) is 0 Å². The van der Waals surface area contributed by atoms with Crippen molar-refractivity contribution >= 4 is 5.91 Å². The molecular weight excluding hydrogens is 196 g/mol. The monoisotopic (exact) mass is 214 g/mol. The zero-order valence-electron chi connectivity index (χ0n) is 8.89. The van der Waals surface area contributed by atoms with E-state index < -0.39 is 17.7 Å².